The van der Waals surface area contributed by atoms with Crippen LogP contribution in [0.4, 0.5) is 0 Å². The van der Waals surface area contributed by atoms with Crippen molar-refractivity contribution >= 4 is 43.5 Å². The Bertz CT molecular complexity index is 2170. The van der Waals surface area contributed by atoms with E-state index in [1.165, 1.54) is 77.4 Å². The molecular formula is C83H160N3O18P. The molecule has 0 aliphatic carbocycles. The van der Waals surface area contributed by atoms with Gasteiger partial charge in [-0.2, -0.15) is 0 Å². The number of hydrogen-bond acceptors (Lipinski definition) is 17. The zero-order chi connectivity index (χ0) is 78.1. The van der Waals surface area contributed by atoms with Crippen LogP contribution >= 0.6 is 7.82 Å². The number of rotatable bonds is 71. The lowest BCUT2D eigenvalue weighted by Gasteiger charge is -2.56. The van der Waals surface area contributed by atoms with E-state index in [-0.39, 0.29) is 57.5 Å². The van der Waals surface area contributed by atoms with E-state index < -0.39 is 112 Å². The quantitative estimate of drug-likeness (QED) is 0.00978. The third-order valence-corrected chi connectivity index (χ3v) is 21.0. The van der Waals surface area contributed by atoms with Gasteiger partial charge in [0.25, 0.3) is 5.79 Å². The number of carbonyl (C=O) groups is 6. The molecule has 1 heterocycles. The molecule has 2 amide bonds. The molecule has 1 aliphatic rings. The molecule has 105 heavy (non-hydrogen) atoms. The molecule has 0 bridgehead atoms. The van der Waals surface area contributed by atoms with Crippen LogP contribution in [0.25, 0.3) is 0 Å². The third kappa shape index (κ3) is 52.5. The molecule has 1 saturated heterocycles. The fraction of sp³-hybridized carbons (Fsp3) is 0.928. The minimum absolute atomic E-state index is 0.0885. The van der Waals surface area contributed by atoms with Crippen molar-refractivity contribution in [2.45, 2.75) is 464 Å². The first kappa shape index (κ1) is 102. The number of phosphoric ester groups is 1. The topological polar surface area (TPSA) is 303 Å². The van der Waals surface area contributed by atoms with Gasteiger partial charge < -0.3 is 64.3 Å². The lowest BCUT2D eigenvalue weighted by Crippen LogP contribution is -2.81. The van der Waals surface area contributed by atoms with Crippen molar-refractivity contribution in [2.75, 3.05) is 32.8 Å². The van der Waals surface area contributed by atoms with Crippen molar-refractivity contribution in [3.63, 3.8) is 0 Å². The molecule has 22 heteroatoms. The van der Waals surface area contributed by atoms with Crippen molar-refractivity contribution in [3.05, 3.63) is 0 Å². The van der Waals surface area contributed by atoms with Gasteiger partial charge in [0.05, 0.1) is 25.9 Å². The van der Waals surface area contributed by atoms with Crippen molar-refractivity contribution in [1.29, 1.82) is 0 Å². The molecule has 0 aromatic heterocycles. The molecule has 1 rings (SSSR count). The van der Waals surface area contributed by atoms with Gasteiger partial charge in [0.2, 0.25) is 11.8 Å². The molecule has 21 nitrogen and oxygen atoms in total. The first-order valence-electron chi connectivity index (χ1n) is 43.1. The second kappa shape index (κ2) is 67.6. The Hall–Kier alpha value is -3.27. The Morgan fingerprint density at radius 3 is 1.06 bits per heavy atom. The van der Waals surface area contributed by atoms with Crippen LogP contribution in [0.1, 0.15) is 415 Å². The Balaban J connectivity index is 0.0000146. The van der Waals surface area contributed by atoms with Crippen LogP contribution in [0.2, 0.25) is 0 Å². The van der Waals surface area contributed by atoms with Gasteiger partial charge in [-0.05, 0) is 90.3 Å². The van der Waals surface area contributed by atoms with Crippen LogP contribution < -0.4 is 10.6 Å². The maximum absolute atomic E-state index is 15.0. The van der Waals surface area contributed by atoms with Crippen LogP contribution in [0.15, 0.2) is 0 Å². The summed E-state index contributed by atoms with van der Waals surface area (Å²) >= 11 is 0. The normalized spacial score (nSPS) is 18.2. The van der Waals surface area contributed by atoms with Crippen LogP contribution in [-0.2, 0) is 61.5 Å². The molecule has 8 atom stereocenters. The first-order valence-corrected chi connectivity index (χ1v) is 44.7. The highest BCUT2D eigenvalue weighted by atomic mass is 31.2. The summed E-state index contributed by atoms with van der Waals surface area (Å²) in [5.74, 6) is -7.66. The number of nitrogens with one attached hydrogen (secondary N) is 2. The van der Waals surface area contributed by atoms with Gasteiger partial charge in [0.15, 0.2) is 17.9 Å². The Morgan fingerprint density at radius 1 is 0.429 bits per heavy atom. The van der Waals surface area contributed by atoms with Gasteiger partial charge in [0.1, 0.15) is 24.4 Å². The van der Waals surface area contributed by atoms with Crippen molar-refractivity contribution in [1.82, 2.24) is 15.5 Å². The third-order valence-electron chi connectivity index (χ3n) is 20.5. The summed E-state index contributed by atoms with van der Waals surface area (Å²) in [6.07, 6.45) is 33.1. The second-order valence-electron chi connectivity index (χ2n) is 30.0. The maximum Gasteiger partial charge on any atom is 0.470 e. The molecule has 0 aromatic carbocycles. The monoisotopic (exact) mass is 1520 g/mol. The van der Waals surface area contributed by atoms with Crippen LogP contribution in [0.3, 0.4) is 0 Å². The van der Waals surface area contributed by atoms with E-state index in [2.05, 4.69) is 70.9 Å². The van der Waals surface area contributed by atoms with E-state index in [0.717, 1.165) is 193 Å². The number of unbranched alkanes of at least 4 members (excludes halogenated alkanes) is 38. The van der Waals surface area contributed by atoms with E-state index in [4.69, 9.17) is 28.2 Å². The van der Waals surface area contributed by atoms with E-state index in [0.29, 0.717) is 38.5 Å². The molecule has 0 saturated carbocycles. The van der Waals surface area contributed by atoms with E-state index in [1.54, 1.807) is 0 Å². The summed E-state index contributed by atoms with van der Waals surface area (Å²) in [5.41, 5.74) is -2.81. The zero-order valence-electron chi connectivity index (χ0n) is 68.3. The zero-order valence-corrected chi connectivity index (χ0v) is 69.2. The number of hydrogen-bond donors (Lipinski definition) is 7. The molecule has 620 valence electrons. The number of amides is 2. The standard InChI is InChI=1S/C77H145N2O18P.C6H15N/c1-7-13-19-24-29-32-37-40-46-52-64(92-71(84)56-49-43-35-27-22-16-10-4)60-68(81)78-59-51-58-76(79-69(82)61-65(93-70(83)55-45-18-12-6)53-47-41-38-33-30-25-20-14-8-2)75(87)95-67(63-80)74(97-98(89,90)91)77(76,88)96-73(86)62-66(54-48-42-39-34-31-26-21-15-9-3)94-72(85)57-50-44-36-28-23-17-11-5;1-4-7(5-2)6-3/h64-67,74-75,80,87-88H,7-63H2,1-6H3,(H,78,81)(H,79,82)(H2,89,90,91);4-6H2,1-3H3/t64-,65-,66-,67-,74-,75+,76+,77+;/m1./s1. The minimum atomic E-state index is -5.76. The van der Waals surface area contributed by atoms with Gasteiger partial charge in [-0.3, -0.25) is 33.3 Å². The van der Waals surface area contributed by atoms with Crippen LogP contribution in [0, 0.1) is 0 Å². The average Bonchev–Trinajstić information content (AvgIpc) is 0.717. The first-order chi connectivity index (χ1) is 50.6. The SMILES string of the molecule is CCCCCCCCCCC[C@H](CC(=O)NCCC[C@]1(NC(=O)C[C@@H](CCCCCCCCCCC)OC(=O)CCCCC)[C@@H](O)O[C@H](CO)[C@@H](OP(=O)(O)O)[C@]1(O)OC(=O)C[C@@H](CCCCCCCCCCC)OC(=O)CCCCCCCCC)OC(=O)CCCCCCCCC.CCN(CC)CC. The number of carbonyl (C=O) groups excluding carboxylic acids is 6. The molecular weight excluding hydrogens is 1360 g/mol. The predicted molar refractivity (Wildman–Crippen MR) is 421 cm³/mol. The van der Waals surface area contributed by atoms with Gasteiger partial charge in [-0.25, -0.2) is 4.57 Å². The smallest absolute Gasteiger partial charge is 0.462 e. The Kier molecular flexibility index (Phi) is 65.5. The van der Waals surface area contributed by atoms with Crippen LogP contribution in [0.5, 0.6) is 0 Å². The molecule has 0 radical (unpaired) electrons. The molecule has 0 aromatic rings. The van der Waals surface area contributed by atoms with Crippen LogP contribution in [-0.4, -0.2) is 147 Å². The summed E-state index contributed by atoms with van der Waals surface area (Å²) in [6.45, 7) is 21.6. The number of aliphatic hydroxyl groups is 3. The predicted octanol–water partition coefficient (Wildman–Crippen LogP) is 19.0. The fourth-order valence-corrected chi connectivity index (χ4v) is 14.5. The van der Waals surface area contributed by atoms with Crippen molar-refractivity contribution in [3.8, 4) is 0 Å². The van der Waals surface area contributed by atoms with E-state index in [9.17, 15) is 58.4 Å². The van der Waals surface area contributed by atoms with Gasteiger partial charge in [0, 0.05) is 25.8 Å². The summed E-state index contributed by atoms with van der Waals surface area (Å²) in [4.78, 5) is 108. The highest BCUT2D eigenvalue weighted by molar-refractivity contribution is 7.46. The molecule has 7 N–H and O–H groups in total. The Labute approximate surface area is 639 Å². The summed E-state index contributed by atoms with van der Waals surface area (Å²) in [6, 6.07) is 0. The molecule has 1 aliphatic heterocycles. The summed E-state index contributed by atoms with van der Waals surface area (Å²) in [7, 11) is -5.76. The van der Waals surface area contributed by atoms with Gasteiger partial charge >= 0.3 is 31.7 Å². The highest BCUT2D eigenvalue weighted by Gasteiger charge is 2.70. The van der Waals surface area contributed by atoms with Gasteiger partial charge in [-0.1, -0.05) is 306 Å². The van der Waals surface area contributed by atoms with Gasteiger partial charge in [-0.15, -0.1) is 0 Å². The largest absolute Gasteiger partial charge is 0.470 e. The lowest BCUT2D eigenvalue weighted by atomic mass is 9.76. The van der Waals surface area contributed by atoms with Crippen molar-refractivity contribution in [2.24, 2.45) is 0 Å². The molecule has 0 spiro atoms. The Morgan fingerprint density at radius 2 is 0.733 bits per heavy atom. The lowest BCUT2D eigenvalue weighted by molar-refractivity contribution is -0.380. The fourth-order valence-electron chi connectivity index (χ4n) is 13.9. The second-order valence-corrected chi connectivity index (χ2v) is 31.2. The number of aliphatic hydroxyl groups excluding tert-OH is 2. The number of ether oxygens (including phenoxy) is 5. The van der Waals surface area contributed by atoms with E-state index in [1.807, 2.05) is 6.92 Å². The minimum Gasteiger partial charge on any atom is -0.462 e. The highest BCUT2D eigenvalue weighted by Crippen LogP contribution is 2.49. The average molecular weight is 1520 g/mol. The number of nitrogens with zero attached hydrogens (tertiary/aromatic N) is 1. The molecule has 0 unspecified atom stereocenters. The van der Waals surface area contributed by atoms with Crippen molar-refractivity contribution < 1.29 is 86.6 Å². The van der Waals surface area contributed by atoms with E-state index >= 15 is 0 Å². The maximum atomic E-state index is 15.0. The summed E-state index contributed by atoms with van der Waals surface area (Å²) < 4.78 is 48.2. The number of phosphoric acid groups is 1. The summed E-state index contributed by atoms with van der Waals surface area (Å²) in [5, 5.41) is 42.2. The number of esters is 4. The molecule has 1 fully saturated rings.